The van der Waals surface area contributed by atoms with E-state index in [1.165, 1.54) is 0 Å². The van der Waals surface area contributed by atoms with Crippen molar-refractivity contribution in [1.29, 1.82) is 0 Å². The minimum atomic E-state index is -3.40. The number of hydrogen-bond acceptors (Lipinski definition) is 3. The van der Waals surface area contributed by atoms with Crippen molar-refractivity contribution < 1.29 is 13.5 Å². The smallest absolute Gasteiger partial charge is 0.214 e. The molecule has 0 aliphatic rings. The van der Waals surface area contributed by atoms with Gasteiger partial charge in [-0.05, 0) is 6.42 Å². The van der Waals surface area contributed by atoms with Gasteiger partial charge in [0.05, 0.1) is 18.4 Å². The third-order valence-electron chi connectivity index (χ3n) is 1.29. The van der Waals surface area contributed by atoms with Gasteiger partial charge in [0.25, 0.3) is 0 Å². The van der Waals surface area contributed by atoms with Crippen LogP contribution in [-0.4, -0.2) is 31.9 Å². The molecule has 0 aromatic carbocycles. The fraction of sp³-hybridized carbons (Fsp3) is 0.714. The molecule has 1 atom stereocenters. The molecular weight excluding hydrogens is 178 g/mol. The summed E-state index contributed by atoms with van der Waals surface area (Å²) >= 11 is 0. The van der Waals surface area contributed by atoms with E-state index in [1.54, 1.807) is 6.92 Å². The molecule has 4 nitrogen and oxygen atoms in total. The van der Waals surface area contributed by atoms with Gasteiger partial charge in [-0.25, -0.2) is 13.1 Å². The van der Waals surface area contributed by atoms with Gasteiger partial charge in [-0.2, -0.15) is 0 Å². The molecule has 5 heteroatoms. The van der Waals surface area contributed by atoms with Crippen LogP contribution < -0.4 is 4.72 Å². The van der Waals surface area contributed by atoms with Crippen molar-refractivity contribution in [3.8, 4) is 12.3 Å². The Balaban J connectivity index is 4.16. The zero-order chi connectivity index (χ0) is 9.61. The molecule has 0 aliphatic carbocycles. The van der Waals surface area contributed by atoms with E-state index in [2.05, 4.69) is 10.6 Å². The molecule has 0 aromatic heterocycles. The maximum absolute atomic E-state index is 11.0. The van der Waals surface area contributed by atoms with Crippen molar-refractivity contribution in [2.45, 2.75) is 19.4 Å². The predicted octanol–water partition coefficient (Wildman–Crippen LogP) is -0.690. The van der Waals surface area contributed by atoms with E-state index in [9.17, 15) is 8.42 Å². The molecule has 0 fully saturated rings. The summed E-state index contributed by atoms with van der Waals surface area (Å²) in [6.45, 7) is 1.39. The molecular formula is C7H13NO3S. The topological polar surface area (TPSA) is 66.4 Å². The minimum Gasteiger partial charge on any atom is -0.395 e. The molecule has 0 spiro atoms. The Hall–Kier alpha value is -0.570. The average molecular weight is 191 g/mol. The average Bonchev–Trinajstić information content (AvgIpc) is 2.00. The standard InChI is InChI=1S/C7H13NO3S/c1-3-7(4-2)8-12(10,11)6-5-9/h1,7-9H,4-6H2,2H3. The third-order valence-corrected chi connectivity index (χ3v) is 2.65. The van der Waals surface area contributed by atoms with E-state index in [0.29, 0.717) is 6.42 Å². The minimum absolute atomic E-state index is 0.300. The van der Waals surface area contributed by atoms with Gasteiger partial charge in [0, 0.05) is 0 Å². The number of nitrogens with one attached hydrogen (secondary N) is 1. The maximum Gasteiger partial charge on any atom is 0.214 e. The van der Waals surface area contributed by atoms with Gasteiger partial charge in [0.1, 0.15) is 0 Å². The van der Waals surface area contributed by atoms with Crippen molar-refractivity contribution in [2.24, 2.45) is 0 Å². The van der Waals surface area contributed by atoms with Crippen molar-refractivity contribution >= 4 is 10.0 Å². The number of terminal acetylenes is 1. The van der Waals surface area contributed by atoms with Crippen molar-refractivity contribution in [1.82, 2.24) is 4.72 Å². The van der Waals surface area contributed by atoms with Crippen LogP contribution in [0.1, 0.15) is 13.3 Å². The summed E-state index contributed by atoms with van der Waals surface area (Å²) in [6, 6.07) is -0.471. The van der Waals surface area contributed by atoms with Crippen LogP contribution in [0, 0.1) is 12.3 Å². The number of hydrogen-bond donors (Lipinski definition) is 2. The van der Waals surface area contributed by atoms with Gasteiger partial charge in [-0.1, -0.05) is 12.8 Å². The number of aliphatic hydroxyl groups excluding tert-OH is 1. The summed E-state index contributed by atoms with van der Waals surface area (Å²) in [7, 11) is -3.40. The summed E-state index contributed by atoms with van der Waals surface area (Å²) in [6.07, 6.45) is 5.59. The van der Waals surface area contributed by atoms with Gasteiger partial charge < -0.3 is 5.11 Å². The van der Waals surface area contributed by atoms with Crippen molar-refractivity contribution in [3.63, 3.8) is 0 Å². The lowest BCUT2D eigenvalue weighted by Crippen LogP contribution is -2.35. The Bertz CT molecular complexity index is 252. The molecule has 2 N–H and O–H groups in total. The van der Waals surface area contributed by atoms with Crippen LogP contribution in [0.3, 0.4) is 0 Å². The Morgan fingerprint density at radius 1 is 1.67 bits per heavy atom. The molecule has 0 saturated heterocycles. The molecule has 1 unspecified atom stereocenters. The zero-order valence-electron chi connectivity index (χ0n) is 6.95. The Kier molecular flexibility index (Phi) is 4.90. The van der Waals surface area contributed by atoms with E-state index in [0.717, 1.165) is 0 Å². The largest absolute Gasteiger partial charge is 0.395 e. The summed E-state index contributed by atoms with van der Waals surface area (Å²) in [4.78, 5) is 0. The van der Waals surface area contributed by atoms with Crippen LogP contribution in [-0.2, 0) is 10.0 Å². The molecule has 0 amide bonds. The molecule has 0 heterocycles. The van der Waals surface area contributed by atoms with Crippen LogP contribution >= 0.6 is 0 Å². The van der Waals surface area contributed by atoms with Gasteiger partial charge >= 0.3 is 0 Å². The molecule has 0 radical (unpaired) electrons. The van der Waals surface area contributed by atoms with Crippen LogP contribution in [0.15, 0.2) is 0 Å². The Labute approximate surface area is 73.0 Å². The van der Waals surface area contributed by atoms with Crippen molar-refractivity contribution in [3.05, 3.63) is 0 Å². The zero-order valence-corrected chi connectivity index (χ0v) is 7.76. The van der Waals surface area contributed by atoms with E-state index in [-0.39, 0.29) is 5.75 Å². The van der Waals surface area contributed by atoms with E-state index >= 15 is 0 Å². The fourth-order valence-corrected chi connectivity index (χ4v) is 1.66. The predicted molar refractivity (Wildman–Crippen MR) is 46.9 cm³/mol. The normalized spacial score (nSPS) is 13.8. The highest BCUT2D eigenvalue weighted by Crippen LogP contribution is 1.92. The summed E-state index contributed by atoms with van der Waals surface area (Å²) in [5.41, 5.74) is 0. The van der Waals surface area contributed by atoms with Gasteiger partial charge in [0.15, 0.2) is 0 Å². The first kappa shape index (κ1) is 11.4. The number of aliphatic hydroxyl groups is 1. The second-order valence-electron chi connectivity index (χ2n) is 2.29. The number of sulfonamides is 1. The quantitative estimate of drug-likeness (QED) is 0.565. The Morgan fingerprint density at radius 2 is 2.25 bits per heavy atom. The first-order valence-electron chi connectivity index (χ1n) is 3.62. The molecule has 0 aliphatic heterocycles. The third kappa shape index (κ3) is 4.34. The van der Waals surface area contributed by atoms with E-state index in [1.807, 2.05) is 0 Å². The van der Waals surface area contributed by atoms with Crippen LogP contribution in [0.2, 0.25) is 0 Å². The van der Waals surface area contributed by atoms with Gasteiger partial charge in [-0.15, -0.1) is 6.42 Å². The molecule has 70 valence electrons. The molecule has 12 heavy (non-hydrogen) atoms. The molecule has 0 aromatic rings. The van der Waals surface area contributed by atoms with Gasteiger partial charge in [0.2, 0.25) is 10.0 Å². The van der Waals surface area contributed by atoms with Crippen LogP contribution in [0.25, 0.3) is 0 Å². The monoisotopic (exact) mass is 191 g/mol. The lowest BCUT2D eigenvalue weighted by atomic mass is 10.3. The van der Waals surface area contributed by atoms with Crippen LogP contribution in [0.4, 0.5) is 0 Å². The second kappa shape index (κ2) is 5.14. The Morgan fingerprint density at radius 3 is 2.58 bits per heavy atom. The molecule has 0 bridgehead atoms. The highest BCUT2D eigenvalue weighted by Gasteiger charge is 2.13. The van der Waals surface area contributed by atoms with E-state index in [4.69, 9.17) is 11.5 Å². The van der Waals surface area contributed by atoms with Crippen LogP contribution in [0.5, 0.6) is 0 Å². The first-order valence-corrected chi connectivity index (χ1v) is 5.28. The summed E-state index contributed by atoms with van der Waals surface area (Å²) in [5, 5.41) is 8.39. The van der Waals surface area contributed by atoms with Crippen molar-refractivity contribution in [2.75, 3.05) is 12.4 Å². The maximum atomic E-state index is 11.0. The first-order chi connectivity index (χ1) is 5.55. The SMILES string of the molecule is C#CC(CC)NS(=O)(=O)CCO. The molecule has 0 saturated carbocycles. The second-order valence-corrected chi connectivity index (χ2v) is 4.16. The summed E-state index contributed by atoms with van der Waals surface area (Å²) in [5.74, 6) is 1.99. The lowest BCUT2D eigenvalue weighted by molar-refractivity contribution is 0.319. The molecule has 0 rings (SSSR count). The lowest BCUT2D eigenvalue weighted by Gasteiger charge is -2.09. The highest BCUT2D eigenvalue weighted by atomic mass is 32.2. The number of rotatable bonds is 5. The van der Waals surface area contributed by atoms with Gasteiger partial charge in [-0.3, -0.25) is 0 Å². The highest BCUT2D eigenvalue weighted by molar-refractivity contribution is 7.89. The summed E-state index contributed by atoms with van der Waals surface area (Å²) < 4.78 is 24.3. The van der Waals surface area contributed by atoms with E-state index < -0.39 is 22.7 Å². The fourth-order valence-electron chi connectivity index (χ4n) is 0.631.